The molecular weight excluding hydrogens is 365 g/mol. The molecule has 0 amide bonds. The van der Waals surface area contributed by atoms with Crippen molar-refractivity contribution in [1.82, 2.24) is 9.97 Å². The van der Waals surface area contributed by atoms with E-state index in [0.29, 0.717) is 0 Å². The third-order valence-electron chi connectivity index (χ3n) is 3.12. The molecule has 2 aromatic heterocycles. The topological polar surface area (TPSA) is 61.8 Å². The second kappa shape index (κ2) is 5.24. The fourth-order valence-electron chi connectivity index (χ4n) is 2.17. The lowest BCUT2D eigenvalue weighted by atomic mass is 10.2. The lowest BCUT2D eigenvalue weighted by molar-refractivity contribution is 0.415. The molecule has 0 aliphatic heterocycles. The Bertz CT molecular complexity index is 836. The Morgan fingerprint density at radius 1 is 1.30 bits per heavy atom. The molecule has 0 aliphatic carbocycles. The van der Waals surface area contributed by atoms with Crippen LogP contribution >= 0.6 is 22.6 Å². The molecule has 5 heteroatoms. The second-order valence-electron chi connectivity index (χ2n) is 4.31. The van der Waals surface area contributed by atoms with Crippen molar-refractivity contribution in [2.45, 2.75) is 0 Å². The molecule has 0 unspecified atom stereocenters. The molecule has 20 heavy (non-hydrogen) atoms. The third kappa shape index (κ3) is 2.18. The van der Waals surface area contributed by atoms with Gasteiger partial charge in [-0.15, -0.1) is 0 Å². The summed E-state index contributed by atoms with van der Waals surface area (Å²) in [6.07, 6.45) is 4.75. The van der Waals surface area contributed by atoms with E-state index in [2.05, 4.69) is 38.6 Å². The van der Waals surface area contributed by atoms with Crippen molar-refractivity contribution in [3.05, 3.63) is 39.6 Å². The number of rotatable bonds is 3. The van der Waals surface area contributed by atoms with Crippen LogP contribution in [-0.4, -0.2) is 23.3 Å². The first-order valence-corrected chi connectivity index (χ1v) is 7.14. The molecule has 3 aromatic rings. The van der Waals surface area contributed by atoms with E-state index in [1.54, 1.807) is 13.2 Å². The molecule has 0 spiro atoms. The van der Waals surface area contributed by atoms with E-state index < -0.39 is 0 Å². The maximum absolute atomic E-state index is 7.05. The van der Waals surface area contributed by atoms with Crippen molar-refractivity contribution in [1.29, 1.82) is 5.41 Å². The predicted molar refractivity (Wildman–Crippen MR) is 90.7 cm³/mol. The zero-order chi connectivity index (χ0) is 14.1. The zero-order valence-corrected chi connectivity index (χ0v) is 12.9. The van der Waals surface area contributed by atoms with Gasteiger partial charge in [0.05, 0.1) is 12.8 Å². The van der Waals surface area contributed by atoms with Gasteiger partial charge < -0.3 is 15.1 Å². The Morgan fingerprint density at radius 3 is 2.90 bits per heavy atom. The van der Waals surface area contributed by atoms with Gasteiger partial charge in [-0.25, -0.2) is 4.98 Å². The number of hydrogen-bond acceptors (Lipinski definition) is 3. The van der Waals surface area contributed by atoms with Gasteiger partial charge in [-0.2, -0.15) is 0 Å². The summed E-state index contributed by atoms with van der Waals surface area (Å²) < 4.78 is 6.33. The minimum atomic E-state index is 0.834. The maximum atomic E-state index is 7.05. The summed E-state index contributed by atoms with van der Waals surface area (Å²) in [4.78, 5) is 7.92. The number of methoxy groups -OCH3 is 1. The van der Waals surface area contributed by atoms with Crippen molar-refractivity contribution in [2.24, 2.45) is 0 Å². The Labute approximate surface area is 129 Å². The first-order chi connectivity index (χ1) is 9.72. The normalized spacial score (nSPS) is 11.5. The average molecular weight is 377 g/mol. The molecule has 4 nitrogen and oxygen atoms in total. The quantitative estimate of drug-likeness (QED) is 0.536. The van der Waals surface area contributed by atoms with Crippen LogP contribution in [0.15, 0.2) is 30.3 Å². The monoisotopic (exact) mass is 377 g/mol. The number of halogens is 1. The largest absolute Gasteiger partial charge is 0.497 e. The van der Waals surface area contributed by atoms with E-state index in [9.17, 15) is 0 Å². The summed E-state index contributed by atoms with van der Waals surface area (Å²) in [6.45, 7) is 0. The summed E-state index contributed by atoms with van der Waals surface area (Å²) in [7, 11) is 1.66. The molecule has 1 aromatic carbocycles. The third-order valence-corrected chi connectivity index (χ3v) is 3.99. The number of fused-ring (bicyclic) bond motifs is 3. The van der Waals surface area contributed by atoms with Gasteiger partial charge in [0.2, 0.25) is 0 Å². The van der Waals surface area contributed by atoms with Gasteiger partial charge >= 0.3 is 0 Å². The zero-order valence-electron chi connectivity index (χ0n) is 10.8. The van der Waals surface area contributed by atoms with E-state index in [0.717, 1.165) is 36.9 Å². The van der Waals surface area contributed by atoms with Crippen LogP contribution in [-0.2, 0) is 0 Å². The second-order valence-corrected chi connectivity index (χ2v) is 5.48. The Morgan fingerprint density at radius 2 is 2.15 bits per heavy atom. The van der Waals surface area contributed by atoms with Gasteiger partial charge in [-0.3, -0.25) is 0 Å². The molecular formula is C15H12IN3O. The fraction of sp³-hybridized carbons (Fsp3) is 0.0667. The average Bonchev–Trinajstić information content (AvgIpc) is 2.81. The maximum Gasteiger partial charge on any atom is 0.139 e. The van der Waals surface area contributed by atoms with Gasteiger partial charge in [-0.05, 0) is 59.0 Å². The van der Waals surface area contributed by atoms with Crippen molar-refractivity contribution in [3.63, 3.8) is 0 Å². The van der Waals surface area contributed by atoms with Crippen molar-refractivity contribution < 1.29 is 4.74 Å². The molecule has 0 saturated heterocycles. The Hall–Kier alpha value is -1.89. The van der Waals surface area contributed by atoms with Crippen LogP contribution in [0.5, 0.6) is 5.75 Å². The highest BCUT2D eigenvalue weighted by Gasteiger charge is 2.09. The Kier molecular flexibility index (Phi) is 3.43. The molecule has 2 heterocycles. The SMILES string of the molecule is COc1ccc2[nH]c3nc(/C=C\C=N)c(I)cc3c2c1. The number of aromatic nitrogens is 2. The number of aromatic amines is 1. The minimum Gasteiger partial charge on any atom is -0.497 e. The van der Waals surface area contributed by atoms with E-state index in [1.807, 2.05) is 24.3 Å². The van der Waals surface area contributed by atoms with E-state index in [1.165, 1.54) is 6.21 Å². The lowest BCUT2D eigenvalue weighted by Gasteiger charge is -2.00. The summed E-state index contributed by atoms with van der Waals surface area (Å²) in [5.74, 6) is 0.834. The molecule has 0 fully saturated rings. The van der Waals surface area contributed by atoms with Gasteiger partial charge in [-0.1, -0.05) is 0 Å². The molecule has 0 bridgehead atoms. The van der Waals surface area contributed by atoms with Crippen LogP contribution in [0.25, 0.3) is 28.0 Å². The van der Waals surface area contributed by atoms with Crippen LogP contribution in [0, 0.1) is 8.98 Å². The number of ether oxygens (including phenoxy) is 1. The molecule has 0 radical (unpaired) electrons. The van der Waals surface area contributed by atoms with Gasteiger partial charge in [0.15, 0.2) is 0 Å². The van der Waals surface area contributed by atoms with Crippen molar-refractivity contribution >= 4 is 56.8 Å². The van der Waals surface area contributed by atoms with E-state index in [4.69, 9.17) is 10.1 Å². The van der Waals surface area contributed by atoms with Crippen LogP contribution in [0.3, 0.4) is 0 Å². The number of allylic oxidation sites excluding steroid dienone is 1. The van der Waals surface area contributed by atoms with Gasteiger partial charge in [0, 0.05) is 26.1 Å². The molecule has 0 atom stereocenters. The van der Waals surface area contributed by atoms with Crippen molar-refractivity contribution in [3.8, 4) is 5.75 Å². The fourth-order valence-corrected chi connectivity index (χ4v) is 2.78. The van der Waals surface area contributed by atoms with E-state index in [-0.39, 0.29) is 0 Å². The number of nitrogens with zero attached hydrogens (tertiary/aromatic N) is 1. The van der Waals surface area contributed by atoms with Crippen molar-refractivity contribution in [2.75, 3.05) is 7.11 Å². The number of nitrogens with one attached hydrogen (secondary N) is 2. The summed E-state index contributed by atoms with van der Waals surface area (Å²) in [5, 5.41) is 9.24. The van der Waals surface area contributed by atoms with Crippen LogP contribution in [0.2, 0.25) is 0 Å². The number of benzene rings is 1. The Balaban J connectivity index is 2.29. The van der Waals surface area contributed by atoms with E-state index >= 15 is 0 Å². The highest BCUT2D eigenvalue weighted by atomic mass is 127. The van der Waals surface area contributed by atoms with Crippen LogP contribution in [0.1, 0.15) is 5.69 Å². The highest BCUT2D eigenvalue weighted by molar-refractivity contribution is 14.1. The summed E-state index contributed by atoms with van der Waals surface area (Å²) in [5.41, 5.74) is 2.75. The molecule has 100 valence electrons. The van der Waals surface area contributed by atoms with Crippen LogP contribution in [0.4, 0.5) is 0 Å². The number of H-pyrrole nitrogens is 1. The number of hydrogen-bond donors (Lipinski definition) is 2. The predicted octanol–water partition coefficient (Wildman–Crippen LogP) is 3.99. The van der Waals surface area contributed by atoms with Gasteiger partial charge in [0.25, 0.3) is 0 Å². The number of pyridine rings is 1. The highest BCUT2D eigenvalue weighted by Crippen LogP contribution is 2.29. The first-order valence-electron chi connectivity index (χ1n) is 6.06. The van der Waals surface area contributed by atoms with Crippen LogP contribution < -0.4 is 4.74 Å². The van der Waals surface area contributed by atoms with Gasteiger partial charge in [0.1, 0.15) is 11.4 Å². The summed E-state index contributed by atoms with van der Waals surface area (Å²) in [6, 6.07) is 8.04. The smallest absolute Gasteiger partial charge is 0.139 e. The molecule has 0 aliphatic rings. The molecule has 2 N–H and O–H groups in total. The summed E-state index contributed by atoms with van der Waals surface area (Å²) >= 11 is 2.26. The molecule has 0 saturated carbocycles. The first kappa shape index (κ1) is 13.1. The lowest BCUT2D eigenvalue weighted by Crippen LogP contribution is -1.87. The molecule has 3 rings (SSSR count). The standard InChI is InChI=1S/C15H12IN3O/c1-20-9-4-5-13-10(7-9)11-8-12(16)14(3-2-6-17)19-15(11)18-13/h2-8,17H,1H3,(H,18,19)/b3-2-,17-6?. The minimum absolute atomic E-state index is 0.834.